The normalized spacial score (nSPS) is 51.4. The van der Waals surface area contributed by atoms with Gasteiger partial charge in [-0.25, -0.2) is 0 Å². The zero-order chi connectivity index (χ0) is 19.0. The van der Waals surface area contributed by atoms with Crippen LogP contribution in [0.3, 0.4) is 0 Å². The fraction of sp³-hybridized carbons (Fsp3) is 0.750. The molecule has 0 radical (unpaired) electrons. The predicted molar refractivity (Wildman–Crippen MR) is 84.2 cm³/mol. The summed E-state index contributed by atoms with van der Waals surface area (Å²) in [7, 11) is 0. The molecule has 0 aromatic heterocycles. The average molecular weight is 630 g/mol. The van der Waals surface area contributed by atoms with Crippen molar-refractivity contribution in [1.29, 1.82) is 0 Å². The number of cyclic esters (lactones) is 1. The van der Waals surface area contributed by atoms with Crippen LogP contribution in [0, 0.1) is 23.7 Å². The van der Waals surface area contributed by atoms with Crippen LogP contribution in [0.1, 0.15) is 0 Å². The van der Waals surface area contributed by atoms with Crippen LogP contribution in [0.4, 0.5) is 26.3 Å². The van der Waals surface area contributed by atoms with Crippen LogP contribution in [0.5, 0.6) is 0 Å². The zero-order valence-electron chi connectivity index (χ0n) is 11.3. The van der Waals surface area contributed by atoms with Gasteiger partial charge in [-0.15, -0.1) is 0 Å². The molecular weight excluding hydrogens is 626 g/mol. The lowest BCUT2D eigenvalue weighted by molar-refractivity contribution is -0.342. The number of carbonyl (C=O) groups is 1. The Bertz CT molecular complexity index is 744. The standard InChI is InChI=1S/C12H4Br4F6O3/c13-5-6(14)9(16)2-1(7(23)24-10(2,17)18)8(5,15)3-4(9)12(21,22)25-11(3,19)20/h1-4H. The second-order valence-corrected chi connectivity index (χ2v) is 10.5. The van der Waals surface area contributed by atoms with E-state index in [1.165, 1.54) is 0 Å². The highest BCUT2D eigenvalue weighted by Crippen LogP contribution is 2.80. The highest BCUT2D eigenvalue weighted by molar-refractivity contribution is 9.16. The van der Waals surface area contributed by atoms with Crippen LogP contribution in [-0.4, -0.2) is 32.9 Å². The molecule has 25 heavy (non-hydrogen) atoms. The number of carbonyl (C=O) groups excluding carboxylic acids is 1. The number of hydrogen-bond donors (Lipinski definition) is 0. The molecule has 0 amide bonds. The number of ether oxygens (including phenoxy) is 2. The molecule has 2 aliphatic heterocycles. The maximum Gasteiger partial charge on any atom is 0.405 e. The molecule has 3 fully saturated rings. The van der Waals surface area contributed by atoms with Crippen LogP contribution in [0.15, 0.2) is 8.96 Å². The minimum atomic E-state index is -4.43. The second-order valence-electron chi connectivity index (χ2n) is 6.28. The molecule has 0 spiro atoms. The van der Waals surface area contributed by atoms with Crippen molar-refractivity contribution >= 4 is 69.7 Å². The molecule has 6 unspecified atom stereocenters. The number of esters is 1. The van der Waals surface area contributed by atoms with Crippen LogP contribution < -0.4 is 0 Å². The van der Waals surface area contributed by atoms with Gasteiger partial charge in [0.1, 0.15) is 0 Å². The number of halogens is 10. The van der Waals surface area contributed by atoms with Gasteiger partial charge in [0.2, 0.25) is 0 Å². The fourth-order valence-electron chi connectivity index (χ4n) is 4.43. The van der Waals surface area contributed by atoms with Crippen molar-refractivity contribution in [3.63, 3.8) is 0 Å². The monoisotopic (exact) mass is 626 g/mol. The van der Waals surface area contributed by atoms with E-state index < -0.39 is 56.6 Å². The van der Waals surface area contributed by atoms with Gasteiger partial charge in [0.25, 0.3) is 0 Å². The smallest absolute Gasteiger partial charge is 0.400 e. The highest BCUT2D eigenvalue weighted by Gasteiger charge is 2.90. The Labute approximate surface area is 169 Å². The van der Waals surface area contributed by atoms with Crippen LogP contribution in [-0.2, 0) is 14.3 Å². The second kappa shape index (κ2) is 4.80. The molecule has 0 aromatic carbocycles. The Morgan fingerprint density at radius 3 is 1.72 bits per heavy atom. The minimum Gasteiger partial charge on any atom is -0.400 e. The Morgan fingerprint density at radius 2 is 1.20 bits per heavy atom. The Kier molecular flexibility index (Phi) is 3.65. The number of allylic oxidation sites excluding steroid dienone is 2. The molecule has 2 heterocycles. The van der Waals surface area contributed by atoms with Gasteiger partial charge in [-0.2, -0.15) is 26.3 Å². The first-order chi connectivity index (χ1) is 11.1. The van der Waals surface area contributed by atoms with E-state index in [0.717, 1.165) is 0 Å². The molecule has 2 saturated heterocycles. The molecule has 0 aromatic rings. The summed E-state index contributed by atoms with van der Waals surface area (Å²) in [6.07, 6.45) is -13.0. The summed E-state index contributed by atoms with van der Waals surface area (Å²) in [5.41, 5.74) is 0. The van der Waals surface area contributed by atoms with E-state index in [2.05, 4.69) is 73.2 Å². The molecular formula is C12H4Br4F6O3. The van der Waals surface area contributed by atoms with E-state index in [-0.39, 0.29) is 8.96 Å². The van der Waals surface area contributed by atoms with E-state index in [1.807, 2.05) is 0 Å². The molecule has 3 aliphatic carbocycles. The van der Waals surface area contributed by atoms with Crippen LogP contribution in [0.25, 0.3) is 0 Å². The Balaban J connectivity index is 2.10. The molecule has 2 bridgehead atoms. The topological polar surface area (TPSA) is 35.5 Å². The van der Waals surface area contributed by atoms with Crippen LogP contribution in [0.2, 0.25) is 0 Å². The van der Waals surface area contributed by atoms with Crippen molar-refractivity contribution in [3.8, 4) is 0 Å². The van der Waals surface area contributed by atoms with Gasteiger partial charge >= 0.3 is 24.3 Å². The lowest BCUT2D eigenvalue weighted by Gasteiger charge is -2.59. The van der Waals surface area contributed by atoms with E-state index in [0.29, 0.717) is 0 Å². The van der Waals surface area contributed by atoms with Crippen molar-refractivity contribution in [2.24, 2.45) is 23.7 Å². The fourth-order valence-corrected chi connectivity index (χ4v) is 9.05. The van der Waals surface area contributed by atoms with Crippen molar-refractivity contribution < 1.29 is 40.6 Å². The molecule has 0 N–H and O–H groups in total. The van der Waals surface area contributed by atoms with E-state index >= 15 is 0 Å². The van der Waals surface area contributed by atoms with E-state index in [4.69, 9.17) is 0 Å². The first kappa shape index (κ1) is 19.0. The lowest BCUT2D eigenvalue weighted by atomic mass is 9.53. The molecule has 5 aliphatic rings. The van der Waals surface area contributed by atoms with E-state index in [9.17, 15) is 31.1 Å². The summed E-state index contributed by atoms with van der Waals surface area (Å²) in [6.45, 7) is 0. The molecule has 13 heteroatoms. The van der Waals surface area contributed by atoms with Crippen molar-refractivity contribution in [2.45, 2.75) is 27.0 Å². The van der Waals surface area contributed by atoms with Gasteiger partial charge in [-0.05, 0) is 0 Å². The van der Waals surface area contributed by atoms with Crippen LogP contribution >= 0.6 is 63.7 Å². The summed E-state index contributed by atoms with van der Waals surface area (Å²) in [4.78, 5) is 12.1. The minimum absolute atomic E-state index is 0.157. The molecule has 140 valence electrons. The molecule has 1 saturated carbocycles. The molecule has 5 rings (SSSR count). The highest BCUT2D eigenvalue weighted by atomic mass is 79.9. The van der Waals surface area contributed by atoms with Gasteiger partial charge in [-0.1, -0.05) is 63.7 Å². The first-order valence-electron chi connectivity index (χ1n) is 6.64. The zero-order valence-corrected chi connectivity index (χ0v) is 17.7. The summed E-state index contributed by atoms with van der Waals surface area (Å²) in [6, 6.07) is 0. The SMILES string of the molecule is O=C1OC(F)(F)C2C1C1(Br)C(Br)=C(Br)C2(Br)C2C1C(F)(F)OC2(F)F. The third-order valence-corrected chi connectivity index (χ3v) is 11.7. The van der Waals surface area contributed by atoms with Gasteiger partial charge in [0.05, 0.1) is 32.3 Å². The third-order valence-electron chi connectivity index (χ3n) is 5.19. The van der Waals surface area contributed by atoms with Gasteiger partial charge in [0.15, 0.2) is 0 Å². The van der Waals surface area contributed by atoms with Crippen molar-refractivity contribution in [3.05, 3.63) is 8.96 Å². The number of hydrogen-bond acceptors (Lipinski definition) is 3. The summed E-state index contributed by atoms with van der Waals surface area (Å²) >= 11 is 11.7. The van der Waals surface area contributed by atoms with E-state index in [1.54, 1.807) is 0 Å². The van der Waals surface area contributed by atoms with Crippen molar-refractivity contribution in [1.82, 2.24) is 0 Å². The Hall–Kier alpha value is 0.670. The summed E-state index contributed by atoms with van der Waals surface area (Å²) in [5, 5.41) is 0. The lowest BCUT2D eigenvalue weighted by Crippen LogP contribution is -2.70. The van der Waals surface area contributed by atoms with Gasteiger partial charge in [0, 0.05) is 8.96 Å². The first-order valence-corrected chi connectivity index (χ1v) is 9.81. The summed E-state index contributed by atoms with van der Waals surface area (Å²) < 4.78 is 88.9. The maximum atomic E-state index is 14.4. The average Bonchev–Trinajstić information content (AvgIpc) is 2.79. The Morgan fingerprint density at radius 1 is 0.760 bits per heavy atom. The largest absolute Gasteiger partial charge is 0.405 e. The molecule has 3 nitrogen and oxygen atoms in total. The maximum absolute atomic E-state index is 14.4. The number of rotatable bonds is 0. The molecule has 6 atom stereocenters. The summed E-state index contributed by atoms with van der Waals surface area (Å²) in [5.74, 6) is -10.2. The van der Waals surface area contributed by atoms with Gasteiger partial charge in [-0.3, -0.25) is 9.53 Å². The van der Waals surface area contributed by atoms with Gasteiger partial charge < -0.3 is 4.74 Å². The quantitative estimate of drug-likeness (QED) is 0.212. The third kappa shape index (κ3) is 1.90. The predicted octanol–water partition coefficient (Wildman–Crippen LogP) is 5.11. The number of alkyl halides is 8. The van der Waals surface area contributed by atoms with Crippen molar-refractivity contribution in [2.75, 3.05) is 0 Å².